The van der Waals surface area contributed by atoms with E-state index >= 15 is 0 Å². The van der Waals surface area contributed by atoms with Gasteiger partial charge >= 0.3 is 0 Å². The quantitative estimate of drug-likeness (QED) is 0.731. The van der Waals surface area contributed by atoms with Crippen LogP contribution in [-0.2, 0) is 0 Å². The molecule has 0 aromatic heterocycles. The Morgan fingerprint density at radius 3 is 2.88 bits per heavy atom. The number of rotatable bonds is 1. The minimum absolute atomic E-state index is 0.809. The zero-order valence-electron chi connectivity index (χ0n) is 10.9. The van der Waals surface area contributed by atoms with Crippen LogP contribution in [0, 0.1) is 13.8 Å². The summed E-state index contributed by atoms with van der Waals surface area (Å²) in [6.45, 7) is 9.46. The number of aryl methyl sites for hydroxylation is 1. The summed E-state index contributed by atoms with van der Waals surface area (Å²) in [5.74, 6) is 0. The molecule has 3 rings (SSSR count). The summed E-state index contributed by atoms with van der Waals surface area (Å²) in [6, 6.07) is 7.50. The molecule has 2 heteroatoms. The monoisotopic (exact) mass is 230 g/mol. The minimum atomic E-state index is 0.809. The normalized spacial score (nSPS) is 25.1. The summed E-state index contributed by atoms with van der Waals surface area (Å²) in [6.07, 6.45) is 2.78. The molecule has 2 heterocycles. The molecule has 92 valence electrons. The minimum Gasteiger partial charge on any atom is -0.368 e. The second-order valence-corrected chi connectivity index (χ2v) is 5.50. The first-order valence-electron chi connectivity index (χ1n) is 6.81. The fourth-order valence-corrected chi connectivity index (χ4v) is 3.29. The Morgan fingerprint density at radius 1 is 1.12 bits per heavy atom. The van der Waals surface area contributed by atoms with Crippen molar-refractivity contribution in [3.05, 3.63) is 29.3 Å². The van der Waals surface area contributed by atoms with Crippen molar-refractivity contribution in [2.75, 3.05) is 31.1 Å². The van der Waals surface area contributed by atoms with Gasteiger partial charge in [0.15, 0.2) is 0 Å². The van der Waals surface area contributed by atoms with Crippen molar-refractivity contribution in [2.24, 2.45) is 0 Å². The van der Waals surface area contributed by atoms with Gasteiger partial charge in [-0.05, 0) is 50.4 Å². The zero-order chi connectivity index (χ0) is 11.8. The van der Waals surface area contributed by atoms with Crippen molar-refractivity contribution in [2.45, 2.75) is 32.7 Å². The van der Waals surface area contributed by atoms with Crippen molar-refractivity contribution in [3.63, 3.8) is 0 Å². The Hall–Kier alpha value is -1.02. The molecule has 0 radical (unpaired) electrons. The van der Waals surface area contributed by atoms with Crippen LogP contribution in [0.5, 0.6) is 0 Å². The third kappa shape index (κ3) is 1.95. The van der Waals surface area contributed by atoms with Gasteiger partial charge in [0.1, 0.15) is 0 Å². The Bertz CT molecular complexity index is 413. The predicted molar refractivity (Wildman–Crippen MR) is 72.7 cm³/mol. The summed E-state index contributed by atoms with van der Waals surface area (Å²) in [4.78, 5) is 5.26. The molecule has 0 N–H and O–H groups in total. The number of hydrogen-bond acceptors (Lipinski definition) is 2. The van der Waals surface area contributed by atoms with E-state index in [9.17, 15) is 0 Å². The van der Waals surface area contributed by atoms with Gasteiger partial charge < -0.3 is 4.90 Å². The maximum absolute atomic E-state index is 2.67. The molecule has 2 saturated heterocycles. The molecule has 2 nitrogen and oxygen atoms in total. The number of fused-ring (bicyclic) bond motifs is 1. The lowest BCUT2D eigenvalue weighted by Gasteiger charge is -2.39. The van der Waals surface area contributed by atoms with Crippen molar-refractivity contribution < 1.29 is 0 Å². The molecule has 0 bridgehead atoms. The van der Waals surface area contributed by atoms with Crippen LogP contribution in [0.4, 0.5) is 5.69 Å². The van der Waals surface area contributed by atoms with Crippen LogP contribution in [0.25, 0.3) is 0 Å². The first-order valence-corrected chi connectivity index (χ1v) is 6.81. The van der Waals surface area contributed by atoms with Gasteiger partial charge in [0.25, 0.3) is 0 Å². The van der Waals surface area contributed by atoms with Crippen molar-refractivity contribution in [1.82, 2.24) is 4.90 Å². The van der Waals surface area contributed by atoms with Gasteiger partial charge in [0, 0.05) is 31.4 Å². The summed E-state index contributed by atoms with van der Waals surface area (Å²) >= 11 is 0. The number of hydrogen-bond donors (Lipinski definition) is 0. The number of anilines is 1. The Morgan fingerprint density at radius 2 is 2.00 bits per heavy atom. The van der Waals surface area contributed by atoms with Crippen LogP contribution in [0.15, 0.2) is 18.2 Å². The average Bonchev–Trinajstić information content (AvgIpc) is 2.79. The number of nitrogens with zero attached hydrogens (tertiary/aromatic N) is 2. The third-order valence-corrected chi connectivity index (χ3v) is 4.50. The van der Waals surface area contributed by atoms with E-state index in [1.807, 2.05) is 0 Å². The molecule has 2 aliphatic heterocycles. The van der Waals surface area contributed by atoms with E-state index in [1.54, 1.807) is 0 Å². The van der Waals surface area contributed by atoms with Gasteiger partial charge in [-0.2, -0.15) is 0 Å². The van der Waals surface area contributed by atoms with Crippen LogP contribution in [0.2, 0.25) is 0 Å². The van der Waals surface area contributed by atoms with Crippen LogP contribution in [0.1, 0.15) is 24.0 Å². The van der Waals surface area contributed by atoms with E-state index in [0.717, 1.165) is 6.04 Å². The maximum atomic E-state index is 2.67. The van der Waals surface area contributed by atoms with E-state index in [-0.39, 0.29) is 0 Å². The van der Waals surface area contributed by atoms with Gasteiger partial charge in [-0.25, -0.2) is 0 Å². The Labute approximate surface area is 104 Å². The van der Waals surface area contributed by atoms with E-state index in [1.165, 1.54) is 55.8 Å². The number of benzene rings is 1. The predicted octanol–water partition coefficient (Wildman–Crippen LogP) is 2.59. The lowest BCUT2D eigenvalue weighted by atomic mass is 10.1. The molecule has 1 atom stereocenters. The highest BCUT2D eigenvalue weighted by atomic mass is 15.3. The average molecular weight is 230 g/mol. The molecule has 0 saturated carbocycles. The van der Waals surface area contributed by atoms with Crippen LogP contribution in [-0.4, -0.2) is 37.1 Å². The molecule has 2 aliphatic rings. The molecule has 0 aliphatic carbocycles. The second kappa shape index (κ2) is 4.34. The molecular weight excluding hydrogens is 208 g/mol. The highest BCUT2D eigenvalue weighted by molar-refractivity contribution is 5.56. The standard InChI is InChI=1S/C15H22N2/c1-12-5-3-7-15(13(12)2)17-10-9-16-8-4-6-14(16)11-17/h3,5,7,14H,4,6,8-11H2,1-2H3. The lowest BCUT2D eigenvalue weighted by Crippen LogP contribution is -2.50. The first kappa shape index (κ1) is 11.1. The summed E-state index contributed by atoms with van der Waals surface area (Å²) < 4.78 is 0. The summed E-state index contributed by atoms with van der Waals surface area (Å²) in [5.41, 5.74) is 4.33. The molecule has 1 aromatic carbocycles. The molecule has 0 amide bonds. The second-order valence-electron chi connectivity index (χ2n) is 5.50. The SMILES string of the molecule is Cc1cccc(N2CCN3CCCC3C2)c1C. The van der Waals surface area contributed by atoms with Crippen molar-refractivity contribution in [1.29, 1.82) is 0 Å². The van der Waals surface area contributed by atoms with Crippen molar-refractivity contribution in [3.8, 4) is 0 Å². The third-order valence-electron chi connectivity index (χ3n) is 4.50. The van der Waals surface area contributed by atoms with Gasteiger partial charge in [-0.1, -0.05) is 12.1 Å². The molecule has 17 heavy (non-hydrogen) atoms. The maximum Gasteiger partial charge on any atom is 0.0399 e. The van der Waals surface area contributed by atoms with Gasteiger partial charge in [-0.3, -0.25) is 4.90 Å². The zero-order valence-corrected chi connectivity index (χ0v) is 10.9. The van der Waals surface area contributed by atoms with Gasteiger partial charge in [0.05, 0.1) is 0 Å². The van der Waals surface area contributed by atoms with E-state index in [2.05, 4.69) is 41.8 Å². The van der Waals surface area contributed by atoms with E-state index in [0.29, 0.717) is 0 Å². The highest BCUT2D eigenvalue weighted by Gasteiger charge is 2.30. The van der Waals surface area contributed by atoms with E-state index < -0.39 is 0 Å². The smallest absolute Gasteiger partial charge is 0.0399 e. The molecule has 1 unspecified atom stereocenters. The first-order chi connectivity index (χ1) is 8.25. The summed E-state index contributed by atoms with van der Waals surface area (Å²) in [5, 5.41) is 0. The van der Waals surface area contributed by atoms with Crippen LogP contribution >= 0.6 is 0 Å². The number of piperazine rings is 1. The van der Waals surface area contributed by atoms with Gasteiger partial charge in [-0.15, -0.1) is 0 Å². The van der Waals surface area contributed by atoms with Gasteiger partial charge in [0.2, 0.25) is 0 Å². The topological polar surface area (TPSA) is 6.48 Å². The fourth-order valence-electron chi connectivity index (χ4n) is 3.29. The highest BCUT2D eigenvalue weighted by Crippen LogP contribution is 2.28. The summed E-state index contributed by atoms with van der Waals surface area (Å²) in [7, 11) is 0. The van der Waals surface area contributed by atoms with Crippen LogP contribution < -0.4 is 4.90 Å². The van der Waals surface area contributed by atoms with E-state index in [4.69, 9.17) is 0 Å². The lowest BCUT2D eigenvalue weighted by molar-refractivity contribution is 0.231. The largest absolute Gasteiger partial charge is 0.368 e. The molecule has 2 fully saturated rings. The Kier molecular flexibility index (Phi) is 2.83. The van der Waals surface area contributed by atoms with Crippen LogP contribution in [0.3, 0.4) is 0 Å². The molecule has 0 spiro atoms. The fraction of sp³-hybridized carbons (Fsp3) is 0.600. The van der Waals surface area contributed by atoms with Crippen molar-refractivity contribution >= 4 is 5.69 Å². The molecular formula is C15H22N2. The Balaban J connectivity index is 1.82. The molecule has 1 aromatic rings.